The van der Waals surface area contributed by atoms with Crippen molar-refractivity contribution in [3.05, 3.63) is 48.8 Å². The van der Waals surface area contributed by atoms with Crippen LogP contribution in [0.25, 0.3) is 17.1 Å². The number of rotatable bonds is 7. The summed E-state index contributed by atoms with van der Waals surface area (Å²) in [4.78, 5) is 19.1. The van der Waals surface area contributed by atoms with Gasteiger partial charge in [0.05, 0.1) is 18.0 Å². The van der Waals surface area contributed by atoms with E-state index in [-0.39, 0.29) is 5.91 Å². The molecule has 0 aliphatic carbocycles. The Kier molecular flexibility index (Phi) is 6.86. The van der Waals surface area contributed by atoms with Crippen LogP contribution in [0.4, 0.5) is 0 Å². The first-order chi connectivity index (χ1) is 15.2. The first-order valence-electron chi connectivity index (χ1n) is 10.7. The molecule has 1 aliphatic heterocycles. The number of benzene rings is 1. The van der Waals surface area contributed by atoms with Gasteiger partial charge >= 0.3 is 0 Å². The SMILES string of the molecule is CCOc1ccccc1-n1c(SCC(=O)N2CCCC[C@@H]2C)nnc1-c1cccnc1. The fourth-order valence-corrected chi connectivity index (χ4v) is 4.69. The highest BCUT2D eigenvalue weighted by Gasteiger charge is 2.25. The Balaban J connectivity index is 1.67. The van der Waals surface area contributed by atoms with Crippen LogP contribution in [0.5, 0.6) is 5.75 Å². The van der Waals surface area contributed by atoms with Gasteiger partial charge in [0, 0.05) is 30.5 Å². The molecule has 0 saturated carbocycles. The Hall–Kier alpha value is -2.87. The van der Waals surface area contributed by atoms with Crippen LogP contribution in [0.15, 0.2) is 53.9 Å². The van der Waals surface area contributed by atoms with Crippen molar-refractivity contribution in [2.24, 2.45) is 0 Å². The largest absolute Gasteiger partial charge is 0.492 e. The smallest absolute Gasteiger partial charge is 0.233 e. The molecular formula is C23H27N5O2S. The maximum Gasteiger partial charge on any atom is 0.233 e. The maximum atomic E-state index is 12.9. The number of hydrogen-bond donors (Lipinski definition) is 0. The van der Waals surface area contributed by atoms with Gasteiger partial charge in [-0.25, -0.2) is 0 Å². The van der Waals surface area contributed by atoms with E-state index in [4.69, 9.17) is 4.74 Å². The molecule has 1 fully saturated rings. The summed E-state index contributed by atoms with van der Waals surface area (Å²) in [6.07, 6.45) is 6.82. The molecule has 1 amide bonds. The van der Waals surface area contributed by atoms with E-state index in [1.807, 2.05) is 52.8 Å². The summed E-state index contributed by atoms with van der Waals surface area (Å²) in [5.41, 5.74) is 1.69. The molecule has 162 valence electrons. The van der Waals surface area contributed by atoms with E-state index in [1.165, 1.54) is 18.2 Å². The Bertz CT molecular complexity index is 1020. The van der Waals surface area contributed by atoms with Gasteiger partial charge in [0.1, 0.15) is 5.75 Å². The minimum absolute atomic E-state index is 0.146. The molecule has 0 bridgehead atoms. The van der Waals surface area contributed by atoms with Gasteiger partial charge in [0.25, 0.3) is 0 Å². The van der Waals surface area contributed by atoms with Gasteiger partial charge in [-0.2, -0.15) is 0 Å². The van der Waals surface area contributed by atoms with Crippen molar-refractivity contribution in [2.75, 3.05) is 18.9 Å². The number of piperidine rings is 1. The number of thioether (sulfide) groups is 1. The Morgan fingerprint density at radius 3 is 2.84 bits per heavy atom. The summed E-state index contributed by atoms with van der Waals surface area (Å²) in [6.45, 7) is 5.47. The molecule has 1 atom stereocenters. The molecule has 1 saturated heterocycles. The van der Waals surface area contributed by atoms with Gasteiger partial charge < -0.3 is 9.64 Å². The molecule has 1 aliphatic rings. The number of hydrogen-bond acceptors (Lipinski definition) is 6. The monoisotopic (exact) mass is 437 g/mol. The minimum atomic E-state index is 0.146. The normalized spacial score (nSPS) is 16.3. The Labute approximate surface area is 186 Å². The summed E-state index contributed by atoms with van der Waals surface area (Å²) in [7, 11) is 0. The molecule has 4 rings (SSSR count). The van der Waals surface area contributed by atoms with E-state index >= 15 is 0 Å². The molecule has 31 heavy (non-hydrogen) atoms. The molecular weight excluding hydrogens is 410 g/mol. The fourth-order valence-electron chi connectivity index (χ4n) is 3.86. The second-order valence-corrected chi connectivity index (χ2v) is 8.45. The van der Waals surface area contributed by atoms with Gasteiger partial charge in [0.15, 0.2) is 11.0 Å². The minimum Gasteiger partial charge on any atom is -0.492 e. The van der Waals surface area contributed by atoms with Gasteiger partial charge in [0.2, 0.25) is 5.91 Å². The lowest BCUT2D eigenvalue weighted by atomic mass is 10.0. The van der Waals surface area contributed by atoms with Crippen LogP contribution in [0.1, 0.15) is 33.1 Å². The van der Waals surface area contributed by atoms with Crippen LogP contribution >= 0.6 is 11.8 Å². The number of nitrogens with zero attached hydrogens (tertiary/aromatic N) is 5. The van der Waals surface area contributed by atoms with Gasteiger partial charge in [-0.1, -0.05) is 23.9 Å². The lowest BCUT2D eigenvalue weighted by Crippen LogP contribution is -2.42. The molecule has 7 nitrogen and oxygen atoms in total. The average molecular weight is 438 g/mol. The van der Waals surface area contributed by atoms with Crippen LogP contribution in [-0.2, 0) is 4.79 Å². The number of para-hydroxylation sites is 2. The number of likely N-dealkylation sites (tertiary alicyclic amines) is 1. The summed E-state index contributed by atoms with van der Waals surface area (Å²) >= 11 is 1.41. The maximum absolute atomic E-state index is 12.9. The van der Waals surface area contributed by atoms with Crippen LogP contribution in [0.3, 0.4) is 0 Å². The fraction of sp³-hybridized carbons (Fsp3) is 0.391. The quantitative estimate of drug-likeness (QED) is 0.515. The second-order valence-electron chi connectivity index (χ2n) is 7.50. The van der Waals surface area contributed by atoms with E-state index in [9.17, 15) is 4.79 Å². The molecule has 3 heterocycles. The van der Waals surface area contributed by atoms with Crippen LogP contribution in [0.2, 0.25) is 0 Å². The Morgan fingerprint density at radius 2 is 2.06 bits per heavy atom. The predicted molar refractivity (Wildman–Crippen MR) is 122 cm³/mol. The molecule has 0 unspecified atom stereocenters. The summed E-state index contributed by atoms with van der Waals surface area (Å²) < 4.78 is 7.82. The lowest BCUT2D eigenvalue weighted by Gasteiger charge is -2.33. The number of ether oxygens (including phenoxy) is 1. The van der Waals surface area contributed by atoms with E-state index < -0.39 is 0 Å². The highest BCUT2D eigenvalue weighted by Crippen LogP contribution is 2.32. The van der Waals surface area contributed by atoms with E-state index in [0.29, 0.717) is 29.4 Å². The van der Waals surface area contributed by atoms with Crippen molar-refractivity contribution < 1.29 is 9.53 Å². The van der Waals surface area contributed by atoms with Crippen molar-refractivity contribution in [2.45, 2.75) is 44.3 Å². The van der Waals surface area contributed by atoms with Crippen molar-refractivity contribution in [1.29, 1.82) is 0 Å². The van der Waals surface area contributed by atoms with Gasteiger partial charge in [-0.05, 0) is 57.4 Å². The third-order valence-electron chi connectivity index (χ3n) is 5.41. The standard InChI is InChI=1S/C23H27N5O2S/c1-3-30-20-12-5-4-11-19(20)28-22(18-10-8-13-24-15-18)25-26-23(28)31-16-21(29)27-14-7-6-9-17(27)2/h4-5,8,10-13,15,17H,3,6-7,9,14,16H2,1-2H3/t17-/m0/s1. The zero-order valence-corrected chi connectivity index (χ0v) is 18.7. The average Bonchev–Trinajstić information content (AvgIpc) is 3.23. The van der Waals surface area contributed by atoms with Crippen LogP contribution in [0, 0.1) is 0 Å². The van der Waals surface area contributed by atoms with E-state index in [0.717, 1.165) is 36.4 Å². The van der Waals surface area contributed by atoms with Crippen molar-refractivity contribution in [3.63, 3.8) is 0 Å². The van der Waals surface area contributed by atoms with Gasteiger partial charge in [-0.3, -0.25) is 14.3 Å². The molecule has 8 heteroatoms. The molecule has 2 aromatic heterocycles. The number of pyridine rings is 1. The van der Waals surface area contributed by atoms with Crippen molar-refractivity contribution >= 4 is 17.7 Å². The first-order valence-corrected chi connectivity index (χ1v) is 11.7. The lowest BCUT2D eigenvalue weighted by molar-refractivity contribution is -0.131. The highest BCUT2D eigenvalue weighted by molar-refractivity contribution is 7.99. The second kappa shape index (κ2) is 9.96. The molecule has 1 aromatic carbocycles. The number of carbonyl (C=O) groups excluding carboxylic acids is 1. The summed E-state index contributed by atoms with van der Waals surface area (Å²) in [5, 5.41) is 9.53. The zero-order valence-electron chi connectivity index (χ0n) is 17.9. The number of aromatic nitrogens is 4. The van der Waals surface area contributed by atoms with E-state index in [1.54, 1.807) is 12.4 Å². The third kappa shape index (κ3) is 4.74. The topological polar surface area (TPSA) is 73.1 Å². The summed E-state index contributed by atoms with van der Waals surface area (Å²) in [5.74, 6) is 1.88. The van der Waals surface area contributed by atoms with Crippen LogP contribution in [-0.4, -0.2) is 55.5 Å². The van der Waals surface area contributed by atoms with Gasteiger partial charge in [-0.15, -0.1) is 10.2 Å². The number of amides is 1. The van der Waals surface area contributed by atoms with E-state index in [2.05, 4.69) is 22.1 Å². The summed E-state index contributed by atoms with van der Waals surface area (Å²) in [6, 6.07) is 11.9. The molecule has 3 aromatic rings. The van der Waals surface area contributed by atoms with Crippen LogP contribution < -0.4 is 4.74 Å². The molecule has 0 radical (unpaired) electrons. The molecule has 0 spiro atoms. The Morgan fingerprint density at radius 1 is 1.19 bits per heavy atom. The first kappa shape index (κ1) is 21.4. The molecule has 0 N–H and O–H groups in total. The van der Waals surface area contributed by atoms with Crippen molar-refractivity contribution in [3.8, 4) is 22.8 Å². The predicted octanol–water partition coefficient (Wildman–Crippen LogP) is 4.22. The number of carbonyl (C=O) groups is 1. The third-order valence-corrected chi connectivity index (χ3v) is 6.32. The highest BCUT2D eigenvalue weighted by atomic mass is 32.2. The zero-order chi connectivity index (χ0) is 21.6. The van der Waals surface area contributed by atoms with Crippen molar-refractivity contribution in [1.82, 2.24) is 24.6 Å².